The number of anilines is 1. The van der Waals surface area contributed by atoms with Gasteiger partial charge in [0.25, 0.3) is 5.91 Å². The molecule has 144 valence electrons. The van der Waals surface area contributed by atoms with Gasteiger partial charge in [0.1, 0.15) is 18.0 Å². The summed E-state index contributed by atoms with van der Waals surface area (Å²) in [6.07, 6.45) is 1.96. The van der Waals surface area contributed by atoms with E-state index in [2.05, 4.69) is 19.2 Å². The van der Waals surface area contributed by atoms with E-state index in [1.165, 1.54) is 6.07 Å². The van der Waals surface area contributed by atoms with Crippen molar-refractivity contribution in [2.24, 2.45) is 11.8 Å². The highest BCUT2D eigenvalue weighted by Gasteiger charge is 2.39. The molecule has 1 amide bonds. The Morgan fingerprint density at radius 3 is 2.81 bits per heavy atom. The monoisotopic (exact) mass is 385 g/mol. The maximum absolute atomic E-state index is 15.1. The molecule has 3 rings (SSSR count). The van der Waals surface area contributed by atoms with Gasteiger partial charge in [0, 0.05) is 0 Å². The second kappa shape index (κ2) is 7.03. The molecular formula is C17H24FN3O4S. The first-order chi connectivity index (χ1) is 12.2. The molecule has 2 aliphatic rings. The molecule has 0 radical (unpaired) electrons. The molecule has 1 atom stereocenters. The van der Waals surface area contributed by atoms with Gasteiger partial charge < -0.3 is 10.4 Å². The summed E-state index contributed by atoms with van der Waals surface area (Å²) in [5.74, 6) is -1.21. The molecule has 1 aliphatic carbocycles. The lowest BCUT2D eigenvalue weighted by Crippen LogP contribution is -2.32. The third-order valence-electron chi connectivity index (χ3n) is 4.78. The van der Waals surface area contributed by atoms with Gasteiger partial charge in [-0.3, -0.25) is 4.79 Å². The number of nitrogens with one attached hydrogen (secondary N) is 2. The van der Waals surface area contributed by atoms with Crippen LogP contribution in [0, 0.1) is 17.7 Å². The molecule has 1 aromatic rings. The maximum atomic E-state index is 15.1. The van der Waals surface area contributed by atoms with Crippen LogP contribution in [0.2, 0.25) is 0 Å². The molecule has 1 aromatic carbocycles. The second-order valence-electron chi connectivity index (χ2n) is 7.39. The SMILES string of the molecule is CC(C)CNCC1CCc2cc(O)c(N3CC(=O)NS3(=O)=O)c(F)c2C1. The minimum Gasteiger partial charge on any atom is -0.506 e. The van der Waals surface area contributed by atoms with Gasteiger partial charge in [-0.1, -0.05) is 13.8 Å². The Morgan fingerprint density at radius 1 is 1.46 bits per heavy atom. The highest BCUT2D eigenvalue weighted by Crippen LogP contribution is 2.40. The summed E-state index contributed by atoms with van der Waals surface area (Å²) in [4.78, 5) is 11.4. The van der Waals surface area contributed by atoms with Crippen LogP contribution < -0.4 is 14.3 Å². The van der Waals surface area contributed by atoms with Gasteiger partial charge in [0.15, 0.2) is 5.82 Å². The smallest absolute Gasteiger partial charge is 0.326 e. The van der Waals surface area contributed by atoms with Gasteiger partial charge in [0.05, 0.1) is 0 Å². The first kappa shape index (κ1) is 18.9. The molecule has 1 heterocycles. The number of fused-ring (bicyclic) bond motifs is 1. The second-order valence-corrected chi connectivity index (χ2v) is 8.99. The fourth-order valence-corrected chi connectivity index (χ4v) is 4.71. The standard InChI is InChI=1S/C17H24FN3O4S/c1-10(2)7-19-8-11-3-4-12-6-14(22)17(16(18)13(12)5-11)21-9-15(23)20-26(21,24)25/h6,10-11,19,22H,3-5,7-9H2,1-2H3,(H,20,23). The first-order valence-corrected chi connectivity index (χ1v) is 10.2. The van der Waals surface area contributed by atoms with E-state index in [0.717, 1.165) is 19.5 Å². The highest BCUT2D eigenvalue weighted by molar-refractivity contribution is 7.92. The Bertz CT molecular complexity index is 826. The molecule has 0 saturated carbocycles. The fourth-order valence-electron chi connectivity index (χ4n) is 3.54. The van der Waals surface area contributed by atoms with Crippen molar-refractivity contribution in [1.82, 2.24) is 10.0 Å². The number of nitrogens with zero attached hydrogens (tertiary/aromatic N) is 1. The van der Waals surface area contributed by atoms with Crippen molar-refractivity contribution in [1.29, 1.82) is 0 Å². The maximum Gasteiger partial charge on any atom is 0.326 e. The number of benzene rings is 1. The fraction of sp³-hybridized carbons (Fsp3) is 0.588. The van der Waals surface area contributed by atoms with Gasteiger partial charge >= 0.3 is 10.2 Å². The van der Waals surface area contributed by atoms with E-state index in [1.807, 2.05) is 0 Å². The molecule has 0 bridgehead atoms. The molecule has 1 unspecified atom stereocenters. The van der Waals surface area contributed by atoms with Gasteiger partial charge in [-0.05, 0) is 61.4 Å². The summed E-state index contributed by atoms with van der Waals surface area (Å²) in [6, 6.07) is 1.42. The molecular weight excluding hydrogens is 361 g/mol. The average molecular weight is 385 g/mol. The number of carbonyl (C=O) groups excluding carboxylic acids is 1. The van der Waals surface area contributed by atoms with Gasteiger partial charge in [-0.2, -0.15) is 8.42 Å². The lowest BCUT2D eigenvalue weighted by atomic mass is 9.83. The largest absolute Gasteiger partial charge is 0.506 e. The van der Waals surface area contributed by atoms with Gasteiger partial charge in [-0.15, -0.1) is 0 Å². The quantitative estimate of drug-likeness (QED) is 0.704. The number of carbonyl (C=O) groups is 1. The van der Waals surface area contributed by atoms with Crippen LogP contribution in [0.1, 0.15) is 31.4 Å². The highest BCUT2D eigenvalue weighted by atomic mass is 32.2. The predicted molar refractivity (Wildman–Crippen MR) is 95.7 cm³/mol. The molecule has 1 fully saturated rings. The Morgan fingerprint density at radius 2 is 2.19 bits per heavy atom. The summed E-state index contributed by atoms with van der Waals surface area (Å²) < 4.78 is 41.6. The Labute approximate surface area is 152 Å². The number of aromatic hydroxyl groups is 1. The third-order valence-corrected chi connectivity index (χ3v) is 6.16. The molecule has 9 heteroatoms. The number of rotatable bonds is 5. The number of hydrogen-bond donors (Lipinski definition) is 3. The summed E-state index contributed by atoms with van der Waals surface area (Å²) in [6.45, 7) is 5.33. The molecule has 7 nitrogen and oxygen atoms in total. The van der Waals surface area contributed by atoms with E-state index in [0.29, 0.717) is 34.2 Å². The lowest BCUT2D eigenvalue weighted by molar-refractivity contribution is -0.117. The van der Waals surface area contributed by atoms with Crippen molar-refractivity contribution in [3.05, 3.63) is 23.0 Å². The zero-order valence-electron chi connectivity index (χ0n) is 14.9. The topological polar surface area (TPSA) is 98.7 Å². The Hall–Kier alpha value is -1.87. The molecule has 0 spiro atoms. The number of phenolic OH excluding ortho intramolecular Hbond substituents is 1. The zero-order valence-corrected chi connectivity index (χ0v) is 15.7. The molecule has 0 aromatic heterocycles. The van der Waals surface area contributed by atoms with Crippen LogP contribution in [-0.4, -0.2) is 39.1 Å². The molecule has 26 heavy (non-hydrogen) atoms. The molecule has 1 saturated heterocycles. The average Bonchev–Trinajstić information content (AvgIpc) is 2.80. The Balaban J connectivity index is 1.88. The van der Waals surface area contributed by atoms with Crippen LogP contribution in [0.3, 0.4) is 0 Å². The van der Waals surface area contributed by atoms with Crippen LogP contribution in [0.4, 0.5) is 10.1 Å². The van der Waals surface area contributed by atoms with Crippen LogP contribution in [-0.2, 0) is 27.8 Å². The summed E-state index contributed by atoms with van der Waals surface area (Å²) in [5.41, 5.74) is 0.674. The predicted octanol–water partition coefficient (Wildman–Crippen LogP) is 1.06. The third kappa shape index (κ3) is 3.64. The van der Waals surface area contributed by atoms with Crippen molar-refractivity contribution >= 4 is 21.8 Å². The van der Waals surface area contributed by atoms with Crippen molar-refractivity contribution in [2.75, 3.05) is 23.9 Å². The van der Waals surface area contributed by atoms with Crippen molar-refractivity contribution in [3.63, 3.8) is 0 Å². The minimum absolute atomic E-state index is 0.239. The summed E-state index contributed by atoms with van der Waals surface area (Å²) >= 11 is 0. The van der Waals surface area contributed by atoms with Crippen LogP contribution in [0.5, 0.6) is 5.75 Å². The van der Waals surface area contributed by atoms with Crippen LogP contribution >= 0.6 is 0 Å². The van der Waals surface area contributed by atoms with E-state index in [1.54, 1.807) is 4.72 Å². The van der Waals surface area contributed by atoms with Gasteiger partial charge in [0.2, 0.25) is 0 Å². The first-order valence-electron chi connectivity index (χ1n) is 8.76. The van der Waals surface area contributed by atoms with Crippen molar-refractivity contribution < 1.29 is 22.7 Å². The van der Waals surface area contributed by atoms with E-state index in [-0.39, 0.29) is 5.92 Å². The summed E-state index contributed by atoms with van der Waals surface area (Å²) in [7, 11) is -4.18. The lowest BCUT2D eigenvalue weighted by Gasteiger charge is -2.28. The van der Waals surface area contributed by atoms with Crippen LogP contribution in [0.15, 0.2) is 6.07 Å². The van der Waals surface area contributed by atoms with E-state index < -0.39 is 39.9 Å². The van der Waals surface area contributed by atoms with Crippen molar-refractivity contribution in [2.45, 2.75) is 33.1 Å². The minimum atomic E-state index is -4.18. The number of amides is 1. The number of aryl methyl sites for hydroxylation is 1. The van der Waals surface area contributed by atoms with E-state index in [4.69, 9.17) is 0 Å². The number of hydrogen-bond acceptors (Lipinski definition) is 5. The number of phenols is 1. The molecule has 3 N–H and O–H groups in total. The zero-order chi connectivity index (χ0) is 19.1. The van der Waals surface area contributed by atoms with E-state index >= 15 is 4.39 Å². The summed E-state index contributed by atoms with van der Waals surface area (Å²) in [5, 5.41) is 13.6. The molecule has 1 aliphatic heterocycles. The van der Waals surface area contributed by atoms with Gasteiger partial charge in [-0.25, -0.2) is 13.4 Å². The van der Waals surface area contributed by atoms with Crippen LogP contribution in [0.25, 0.3) is 0 Å². The normalized spacial score (nSPS) is 21.8. The number of halogens is 1. The Kier molecular flexibility index (Phi) is 5.12. The van der Waals surface area contributed by atoms with Crippen molar-refractivity contribution in [3.8, 4) is 5.75 Å². The van der Waals surface area contributed by atoms with E-state index in [9.17, 15) is 18.3 Å².